The first kappa shape index (κ1) is 24.7. The molecule has 0 aliphatic rings. The van der Waals surface area contributed by atoms with Gasteiger partial charge in [-0.05, 0) is 19.8 Å². The zero-order valence-electron chi connectivity index (χ0n) is 15.4. The second-order valence-corrected chi connectivity index (χ2v) is 5.02. The first-order valence-corrected chi connectivity index (χ1v) is 8.39. The Kier molecular flexibility index (Phi) is 17.5. The number of amidine groups is 1. The molecule has 25 heavy (non-hydrogen) atoms. The van der Waals surface area contributed by atoms with Crippen molar-refractivity contribution in [3.63, 3.8) is 0 Å². The van der Waals surface area contributed by atoms with Gasteiger partial charge in [-0.2, -0.15) is 10.4 Å². The fourth-order valence-corrected chi connectivity index (χ4v) is 1.82. The first-order chi connectivity index (χ1) is 12.0. The number of nitriles is 1. The van der Waals surface area contributed by atoms with Crippen molar-refractivity contribution in [2.75, 3.05) is 0 Å². The molecule has 0 heterocycles. The molecule has 1 aromatic rings. The van der Waals surface area contributed by atoms with E-state index in [0.29, 0.717) is 25.7 Å². The summed E-state index contributed by atoms with van der Waals surface area (Å²) < 4.78 is 0. The smallest absolute Gasteiger partial charge is 0.306 e. The number of unbranched alkanes of at least 4 members (excludes halogenated alkanes) is 2. The third-order valence-corrected chi connectivity index (χ3v) is 3.14. The molecular formula is C18H31N5O2. The van der Waals surface area contributed by atoms with Crippen molar-refractivity contribution in [2.24, 2.45) is 22.7 Å². The molecule has 0 radical (unpaired) electrons. The zero-order chi connectivity index (χ0) is 19.5. The Morgan fingerprint density at radius 1 is 1.32 bits per heavy atom. The highest BCUT2D eigenvalue weighted by molar-refractivity contribution is 5.85. The fraction of sp³-hybridized carbons (Fsp3) is 0.500. The summed E-state index contributed by atoms with van der Waals surface area (Å²) in [6, 6.07) is 12.3. The third kappa shape index (κ3) is 14.7. The number of benzene rings is 1. The number of carboxylic acid groups (broad SMARTS) is 1. The molecule has 0 spiro atoms. The van der Waals surface area contributed by atoms with Gasteiger partial charge in [0, 0.05) is 12.8 Å². The van der Waals surface area contributed by atoms with Gasteiger partial charge in [0.05, 0.1) is 12.0 Å². The van der Waals surface area contributed by atoms with E-state index in [-0.39, 0.29) is 12.3 Å². The molecule has 0 aliphatic carbocycles. The van der Waals surface area contributed by atoms with Gasteiger partial charge in [0.2, 0.25) is 0 Å². The summed E-state index contributed by atoms with van der Waals surface area (Å²) in [5.74, 6) is 8.90. The molecule has 7 nitrogen and oxygen atoms in total. The van der Waals surface area contributed by atoms with Crippen LogP contribution in [-0.4, -0.2) is 16.9 Å². The van der Waals surface area contributed by atoms with E-state index in [9.17, 15) is 4.79 Å². The van der Waals surface area contributed by atoms with Crippen molar-refractivity contribution in [3.05, 3.63) is 35.9 Å². The Morgan fingerprint density at radius 2 is 1.92 bits per heavy atom. The maximum Gasteiger partial charge on any atom is 0.306 e. The number of aryl methyl sites for hydroxylation is 1. The maximum atomic E-state index is 10.9. The Labute approximate surface area is 150 Å². The molecule has 1 rings (SSSR count). The largest absolute Gasteiger partial charge is 0.481 e. The lowest BCUT2D eigenvalue weighted by molar-refractivity contribution is -0.141. The number of carbonyl (C=O) groups is 1. The van der Waals surface area contributed by atoms with E-state index < -0.39 is 11.9 Å². The van der Waals surface area contributed by atoms with Crippen LogP contribution in [-0.2, 0) is 4.79 Å². The minimum atomic E-state index is -0.909. The number of nitrogens with one attached hydrogen (secondary N) is 1. The standard InChI is InChI=1S/C9H17N5O2.C7H8.C2H6/c10-5-3-1-2-4-7(9(15)16)6-8(13-11)14-12;1-7-5-3-2-4-6-7;1-2/h7H,1-4,6,11-12H2,(H,13,14)(H,15,16);2-6H,1H3;1-2H3. The molecular weight excluding hydrogens is 318 g/mol. The van der Waals surface area contributed by atoms with Crippen molar-refractivity contribution in [3.8, 4) is 6.07 Å². The lowest BCUT2D eigenvalue weighted by Gasteiger charge is -2.12. The summed E-state index contributed by atoms with van der Waals surface area (Å²) in [6.45, 7) is 6.08. The molecule has 0 amide bonds. The van der Waals surface area contributed by atoms with Crippen LogP contribution in [0.15, 0.2) is 35.4 Å². The summed E-state index contributed by atoms with van der Waals surface area (Å²) >= 11 is 0. The molecule has 7 heteroatoms. The van der Waals surface area contributed by atoms with Crippen LogP contribution in [0.3, 0.4) is 0 Å². The van der Waals surface area contributed by atoms with Crippen molar-refractivity contribution in [2.45, 2.75) is 52.9 Å². The van der Waals surface area contributed by atoms with Gasteiger partial charge < -0.3 is 16.4 Å². The fourth-order valence-electron chi connectivity index (χ4n) is 1.82. The highest BCUT2D eigenvalue weighted by Crippen LogP contribution is 2.14. The topological polar surface area (TPSA) is 138 Å². The number of nitrogens with zero attached hydrogens (tertiary/aromatic N) is 2. The summed E-state index contributed by atoms with van der Waals surface area (Å²) in [7, 11) is 0. The SMILES string of the molecule is CC.Cc1ccccc1.N#CCCCCC(C/C(=N/N)NN)C(=O)O. The van der Waals surface area contributed by atoms with E-state index in [2.05, 4.69) is 29.6 Å². The monoisotopic (exact) mass is 349 g/mol. The van der Waals surface area contributed by atoms with Crippen LogP contribution < -0.4 is 17.1 Å². The van der Waals surface area contributed by atoms with E-state index in [1.807, 2.05) is 38.1 Å². The molecule has 0 saturated carbocycles. The number of rotatable bonds is 7. The van der Waals surface area contributed by atoms with Gasteiger partial charge in [0.25, 0.3) is 0 Å². The number of nitrogens with two attached hydrogens (primary N) is 2. The second-order valence-electron chi connectivity index (χ2n) is 5.02. The molecule has 140 valence electrons. The van der Waals surface area contributed by atoms with E-state index in [1.165, 1.54) is 5.56 Å². The van der Waals surface area contributed by atoms with Gasteiger partial charge in [-0.25, -0.2) is 5.84 Å². The normalized spacial score (nSPS) is 10.9. The summed E-state index contributed by atoms with van der Waals surface area (Å²) in [4.78, 5) is 10.9. The number of aliphatic carboxylic acids is 1. The lowest BCUT2D eigenvalue weighted by atomic mass is 9.97. The Bertz CT molecular complexity index is 512. The minimum Gasteiger partial charge on any atom is -0.481 e. The van der Waals surface area contributed by atoms with E-state index >= 15 is 0 Å². The number of hydrazine groups is 1. The van der Waals surface area contributed by atoms with Crippen molar-refractivity contribution < 1.29 is 9.90 Å². The molecule has 0 fully saturated rings. The van der Waals surface area contributed by atoms with Crippen LogP contribution in [0.25, 0.3) is 0 Å². The van der Waals surface area contributed by atoms with E-state index in [1.54, 1.807) is 0 Å². The predicted octanol–water partition coefficient (Wildman–Crippen LogP) is 2.92. The summed E-state index contributed by atoms with van der Waals surface area (Å²) in [5, 5.41) is 20.6. The Balaban J connectivity index is 0. The third-order valence-electron chi connectivity index (χ3n) is 3.14. The van der Waals surface area contributed by atoms with Crippen LogP contribution in [0.4, 0.5) is 0 Å². The quantitative estimate of drug-likeness (QED) is 0.196. The van der Waals surface area contributed by atoms with Crippen LogP contribution in [0.5, 0.6) is 0 Å². The van der Waals surface area contributed by atoms with Gasteiger partial charge in [-0.1, -0.05) is 56.2 Å². The van der Waals surface area contributed by atoms with Gasteiger partial charge in [-0.3, -0.25) is 4.79 Å². The van der Waals surface area contributed by atoms with Crippen LogP contribution in [0, 0.1) is 24.2 Å². The molecule has 0 aliphatic heterocycles. The van der Waals surface area contributed by atoms with Crippen molar-refractivity contribution in [1.29, 1.82) is 5.26 Å². The number of hydrazone groups is 1. The highest BCUT2D eigenvalue weighted by atomic mass is 16.4. The van der Waals surface area contributed by atoms with Gasteiger partial charge in [0.15, 0.2) is 0 Å². The first-order valence-electron chi connectivity index (χ1n) is 8.39. The number of hydrogen-bond donors (Lipinski definition) is 4. The lowest BCUT2D eigenvalue weighted by Crippen LogP contribution is -2.34. The summed E-state index contributed by atoms with van der Waals surface area (Å²) in [5.41, 5.74) is 3.57. The zero-order valence-corrected chi connectivity index (χ0v) is 15.4. The maximum absolute atomic E-state index is 10.9. The predicted molar refractivity (Wildman–Crippen MR) is 101 cm³/mol. The molecule has 1 aromatic carbocycles. The highest BCUT2D eigenvalue weighted by Gasteiger charge is 2.19. The Morgan fingerprint density at radius 3 is 2.28 bits per heavy atom. The average molecular weight is 349 g/mol. The molecule has 0 bridgehead atoms. The summed E-state index contributed by atoms with van der Waals surface area (Å²) in [6.07, 6.45) is 2.49. The van der Waals surface area contributed by atoms with Gasteiger partial charge >= 0.3 is 5.97 Å². The minimum absolute atomic E-state index is 0.175. The van der Waals surface area contributed by atoms with Gasteiger partial charge in [0.1, 0.15) is 5.84 Å². The number of hydrogen-bond acceptors (Lipinski definition) is 5. The second kappa shape index (κ2) is 17.8. The average Bonchev–Trinajstić information content (AvgIpc) is 2.64. The van der Waals surface area contributed by atoms with Crippen LogP contribution in [0.2, 0.25) is 0 Å². The molecule has 6 N–H and O–H groups in total. The van der Waals surface area contributed by atoms with Crippen LogP contribution >= 0.6 is 0 Å². The molecule has 0 saturated heterocycles. The molecule has 1 atom stereocenters. The molecule has 0 aromatic heterocycles. The van der Waals surface area contributed by atoms with Crippen molar-refractivity contribution >= 4 is 11.8 Å². The van der Waals surface area contributed by atoms with Crippen molar-refractivity contribution in [1.82, 2.24) is 5.43 Å². The Hall–Kier alpha value is -2.59. The van der Waals surface area contributed by atoms with Crippen LogP contribution in [0.1, 0.15) is 51.5 Å². The van der Waals surface area contributed by atoms with E-state index in [0.717, 1.165) is 0 Å². The van der Waals surface area contributed by atoms with Gasteiger partial charge in [-0.15, -0.1) is 0 Å². The molecule has 1 unspecified atom stereocenters. The number of carboxylic acids is 1. The van der Waals surface area contributed by atoms with E-state index in [4.69, 9.17) is 22.1 Å².